The minimum Gasteiger partial charge on any atom is -0.489 e. The van der Waals surface area contributed by atoms with Crippen molar-refractivity contribution in [2.24, 2.45) is 0 Å². The maximum absolute atomic E-state index is 6.25. The van der Waals surface area contributed by atoms with E-state index in [4.69, 9.17) is 16.3 Å². The van der Waals surface area contributed by atoms with Gasteiger partial charge in [0.2, 0.25) is 0 Å². The zero-order valence-electron chi connectivity index (χ0n) is 15.9. The second-order valence-electron chi connectivity index (χ2n) is 6.92. The molecule has 4 aromatic rings. The lowest BCUT2D eigenvalue weighted by molar-refractivity contribution is 0.302. The highest BCUT2D eigenvalue weighted by Crippen LogP contribution is 2.25. The summed E-state index contributed by atoms with van der Waals surface area (Å²) < 4.78 is 7.11. The number of benzene rings is 3. The molecule has 0 atom stereocenters. The zero-order chi connectivity index (χ0) is 20.1. The molecule has 0 amide bonds. The van der Waals surface area contributed by atoms with E-state index in [-0.39, 0.29) is 0 Å². The van der Waals surface area contributed by atoms with Crippen LogP contribution in [0.2, 0.25) is 5.02 Å². The van der Waals surface area contributed by atoms with Crippen molar-refractivity contribution in [3.63, 3.8) is 0 Å². The minimum absolute atomic E-state index is 0.448. The first-order valence-corrected chi connectivity index (χ1v) is 10.8. The van der Waals surface area contributed by atoms with Gasteiger partial charge in [0, 0.05) is 44.3 Å². The summed E-state index contributed by atoms with van der Waals surface area (Å²) >= 11 is 9.81. The lowest BCUT2D eigenvalue weighted by Gasteiger charge is -2.13. The van der Waals surface area contributed by atoms with Gasteiger partial charge in [-0.15, -0.1) is 0 Å². The van der Waals surface area contributed by atoms with Gasteiger partial charge in [0.05, 0.1) is 0 Å². The van der Waals surface area contributed by atoms with E-state index in [9.17, 15) is 0 Å². The van der Waals surface area contributed by atoms with E-state index in [0.717, 1.165) is 45.9 Å². The van der Waals surface area contributed by atoms with Crippen LogP contribution < -0.4 is 10.1 Å². The van der Waals surface area contributed by atoms with Crippen molar-refractivity contribution in [3.05, 3.63) is 99.1 Å². The Hall–Kier alpha value is -2.27. The number of hydrogen-bond acceptors (Lipinski definition) is 2. The van der Waals surface area contributed by atoms with Crippen LogP contribution in [0.3, 0.4) is 0 Å². The predicted octanol–water partition coefficient (Wildman–Crippen LogP) is 6.50. The van der Waals surface area contributed by atoms with Crippen molar-refractivity contribution in [1.82, 2.24) is 10.3 Å². The number of hydrogen-bond donors (Lipinski definition) is 2. The van der Waals surface area contributed by atoms with Crippen molar-refractivity contribution in [3.8, 4) is 5.75 Å². The second kappa shape index (κ2) is 9.49. The summed E-state index contributed by atoms with van der Waals surface area (Å²) in [6.45, 7) is 2.07. The normalized spacial score (nSPS) is 11.1. The third-order valence-corrected chi connectivity index (χ3v) is 5.79. The van der Waals surface area contributed by atoms with Crippen LogP contribution in [0.25, 0.3) is 10.9 Å². The zero-order valence-corrected chi connectivity index (χ0v) is 18.3. The third kappa shape index (κ3) is 5.02. The summed E-state index contributed by atoms with van der Waals surface area (Å²) in [5, 5.41) is 5.56. The molecule has 2 N–H and O–H groups in total. The van der Waals surface area contributed by atoms with E-state index in [2.05, 4.69) is 62.8 Å². The molecular formula is C24H22BrClN2O. The van der Waals surface area contributed by atoms with Gasteiger partial charge in [-0.1, -0.05) is 63.9 Å². The molecule has 3 aromatic carbocycles. The summed E-state index contributed by atoms with van der Waals surface area (Å²) in [7, 11) is 0. The summed E-state index contributed by atoms with van der Waals surface area (Å²) in [6.07, 6.45) is 3.07. The van der Waals surface area contributed by atoms with Gasteiger partial charge in [-0.25, -0.2) is 0 Å². The smallest absolute Gasteiger partial charge is 0.124 e. The summed E-state index contributed by atoms with van der Waals surface area (Å²) in [4.78, 5) is 3.34. The second-order valence-corrected chi connectivity index (χ2v) is 8.24. The fourth-order valence-electron chi connectivity index (χ4n) is 3.38. The van der Waals surface area contributed by atoms with Gasteiger partial charge < -0.3 is 15.0 Å². The molecule has 1 aromatic heterocycles. The summed E-state index contributed by atoms with van der Waals surface area (Å²) in [6, 6.07) is 22.3. The largest absolute Gasteiger partial charge is 0.489 e. The first kappa shape index (κ1) is 20.0. The molecule has 1 heterocycles. The lowest BCUT2D eigenvalue weighted by Crippen LogP contribution is -2.17. The Bertz CT molecular complexity index is 1110. The number of halogens is 2. The number of H-pyrrole nitrogens is 1. The molecular weight excluding hydrogens is 448 g/mol. The van der Waals surface area contributed by atoms with E-state index in [0.29, 0.717) is 6.61 Å². The lowest BCUT2D eigenvalue weighted by atomic mass is 10.1. The number of nitrogens with one attached hydrogen (secondary N) is 2. The Labute approximate surface area is 184 Å². The molecule has 0 aliphatic carbocycles. The molecule has 0 saturated carbocycles. The Morgan fingerprint density at radius 2 is 1.76 bits per heavy atom. The van der Waals surface area contributed by atoms with Crippen LogP contribution in [0, 0.1) is 0 Å². The van der Waals surface area contributed by atoms with Crippen LogP contribution >= 0.6 is 27.5 Å². The Kier molecular flexibility index (Phi) is 6.55. The highest BCUT2D eigenvalue weighted by atomic mass is 79.9. The molecule has 5 heteroatoms. The maximum Gasteiger partial charge on any atom is 0.124 e. The number of para-hydroxylation sites is 1. The van der Waals surface area contributed by atoms with Crippen LogP contribution in [0.4, 0.5) is 0 Å². The molecule has 0 unspecified atom stereocenters. The van der Waals surface area contributed by atoms with Gasteiger partial charge >= 0.3 is 0 Å². The SMILES string of the molecule is Clc1ccccc1COc1ccc(Br)cc1CNCCc1c[nH]c2ccccc12. The summed E-state index contributed by atoms with van der Waals surface area (Å²) in [5.41, 5.74) is 4.61. The van der Waals surface area contributed by atoms with E-state index in [1.807, 2.05) is 36.4 Å². The van der Waals surface area contributed by atoms with Crippen molar-refractivity contribution < 1.29 is 4.74 Å². The molecule has 4 rings (SSSR count). The standard InChI is InChI=1S/C24H22BrClN2O/c25-20-9-10-24(29-16-18-5-1-3-7-22(18)26)19(13-20)14-27-12-11-17-15-28-23-8-4-2-6-21(17)23/h1-10,13,15,27-28H,11-12,14,16H2. The van der Waals surface area contributed by atoms with Crippen molar-refractivity contribution >= 4 is 38.4 Å². The first-order chi connectivity index (χ1) is 14.2. The quantitative estimate of drug-likeness (QED) is 0.289. The third-order valence-electron chi connectivity index (χ3n) is 4.93. The van der Waals surface area contributed by atoms with Crippen LogP contribution in [0.1, 0.15) is 16.7 Å². The van der Waals surface area contributed by atoms with Crippen molar-refractivity contribution in [2.45, 2.75) is 19.6 Å². The molecule has 0 saturated heterocycles. The molecule has 0 radical (unpaired) electrons. The predicted molar refractivity (Wildman–Crippen MR) is 124 cm³/mol. The number of aromatic nitrogens is 1. The highest BCUT2D eigenvalue weighted by molar-refractivity contribution is 9.10. The minimum atomic E-state index is 0.448. The monoisotopic (exact) mass is 468 g/mol. The molecule has 3 nitrogen and oxygen atoms in total. The number of fused-ring (bicyclic) bond motifs is 1. The number of aromatic amines is 1. The van der Waals surface area contributed by atoms with Gasteiger partial charge in [0.25, 0.3) is 0 Å². The molecule has 148 valence electrons. The highest BCUT2D eigenvalue weighted by Gasteiger charge is 2.08. The van der Waals surface area contributed by atoms with E-state index in [1.54, 1.807) is 0 Å². The molecule has 0 aliphatic rings. The van der Waals surface area contributed by atoms with E-state index >= 15 is 0 Å². The fraction of sp³-hybridized carbons (Fsp3) is 0.167. The molecule has 0 bridgehead atoms. The van der Waals surface area contributed by atoms with Crippen LogP contribution in [-0.4, -0.2) is 11.5 Å². The van der Waals surface area contributed by atoms with E-state index in [1.165, 1.54) is 16.5 Å². The molecule has 0 fully saturated rings. The maximum atomic E-state index is 6.25. The molecule has 0 aliphatic heterocycles. The average Bonchev–Trinajstić information content (AvgIpc) is 3.15. The molecule has 29 heavy (non-hydrogen) atoms. The Morgan fingerprint density at radius 1 is 0.931 bits per heavy atom. The van der Waals surface area contributed by atoms with Gasteiger partial charge in [-0.2, -0.15) is 0 Å². The Morgan fingerprint density at radius 3 is 2.66 bits per heavy atom. The van der Waals surface area contributed by atoms with Gasteiger partial charge in [0.1, 0.15) is 12.4 Å². The van der Waals surface area contributed by atoms with Crippen LogP contribution in [0.15, 0.2) is 77.4 Å². The first-order valence-electron chi connectivity index (χ1n) is 9.61. The number of ether oxygens (including phenoxy) is 1. The van der Waals surface area contributed by atoms with Crippen LogP contribution in [-0.2, 0) is 19.6 Å². The van der Waals surface area contributed by atoms with Gasteiger partial charge in [-0.05, 0) is 48.9 Å². The Balaban J connectivity index is 1.36. The topological polar surface area (TPSA) is 37.0 Å². The average molecular weight is 470 g/mol. The van der Waals surface area contributed by atoms with Gasteiger partial charge in [0.15, 0.2) is 0 Å². The van der Waals surface area contributed by atoms with Crippen molar-refractivity contribution in [1.29, 1.82) is 0 Å². The summed E-state index contributed by atoms with van der Waals surface area (Å²) in [5.74, 6) is 0.868. The molecule has 0 spiro atoms. The fourth-order valence-corrected chi connectivity index (χ4v) is 3.98. The van der Waals surface area contributed by atoms with Crippen molar-refractivity contribution in [2.75, 3.05) is 6.54 Å². The van der Waals surface area contributed by atoms with Crippen LogP contribution in [0.5, 0.6) is 5.75 Å². The number of rotatable bonds is 8. The van der Waals surface area contributed by atoms with Gasteiger partial charge in [-0.3, -0.25) is 0 Å². The van der Waals surface area contributed by atoms with E-state index < -0.39 is 0 Å².